The number of piperazine rings is 1. The van der Waals surface area contributed by atoms with Gasteiger partial charge in [0.05, 0.1) is 6.04 Å². The summed E-state index contributed by atoms with van der Waals surface area (Å²) in [5.74, 6) is 1.24. The van der Waals surface area contributed by atoms with Crippen molar-refractivity contribution >= 4 is 6.09 Å². The molecule has 3 aliphatic heterocycles. The highest BCUT2D eigenvalue weighted by molar-refractivity contribution is 5.70. The molecule has 0 radical (unpaired) electrons. The van der Waals surface area contributed by atoms with Gasteiger partial charge in [-0.05, 0) is 23.3 Å². The van der Waals surface area contributed by atoms with Gasteiger partial charge in [-0.25, -0.2) is 9.78 Å². The molecule has 3 aliphatic rings. The number of rotatable bonds is 3. The highest BCUT2D eigenvalue weighted by atomic mass is 16.6. The van der Waals surface area contributed by atoms with Gasteiger partial charge in [0, 0.05) is 32.4 Å². The summed E-state index contributed by atoms with van der Waals surface area (Å²) in [5.41, 5.74) is 2.32. The summed E-state index contributed by atoms with van der Waals surface area (Å²) < 4.78 is 16.9. The van der Waals surface area contributed by atoms with E-state index in [0.717, 1.165) is 31.7 Å². The molecular weight excluding hydrogens is 346 g/mol. The molecule has 7 nitrogen and oxygen atoms in total. The molecule has 7 heteroatoms. The Bertz CT molecular complexity index is 841. The second-order valence-electron chi connectivity index (χ2n) is 7.13. The van der Waals surface area contributed by atoms with E-state index in [1.165, 1.54) is 5.56 Å². The van der Waals surface area contributed by atoms with E-state index in [9.17, 15) is 4.79 Å². The minimum atomic E-state index is -0.172. The first kappa shape index (κ1) is 16.4. The normalized spacial score (nSPS) is 24.4. The van der Waals surface area contributed by atoms with Crippen LogP contribution in [0.4, 0.5) is 4.79 Å². The predicted molar refractivity (Wildman–Crippen MR) is 96.7 cm³/mol. The van der Waals surface area contributed by atoms with E-state index >= 15 is 0 Å². The maximum atomic E-state index is 11.6. The number of aromatic nitrogens is 1. The number of hydrogen-bond acceptors (Lipinski definition) is 6. The van der Waals surface area contributed by atoms with E-state index in [4.69, 9.17) is 14.2 Å². The van der Waals surface area contributed by atoms with Gasteiger partial charge < -0.3 is 14.2 Å². The largest absolute Gasteiger partial charge is 0.484 e. The average Bonchev–Trinajstić information content (AvgIpc) is 3.08. The Kier molecular flexibility index (Phi) is 4.09. The van der Waals surface area contributed by atoms with Crippen molar-refractivity contribution in [2.24, 2.45) is 0 Å². The average molecular weight is 367 g/mol. The lowest BCUT2D eigenvalue weighted by Crippen LogP contribution is -2.51. The van der Waals surface area contributed by atoms with Crippen molar-refractivity contribution in [2.75, 3.05) is 32.8 Å². The Morgan fingerprint density at radius 1 is 1.07 bits per heavy atom. The molecule has 2 atom stereocenters. The lowest BCUT2D eigenvalue weighted by atomic mass is 10.1. The van der Waals surface area contributed by atoms with Crippen molar-refractivity contribution in [3.05, 3.63) is 53.7 Å². The third kappa shape index (κ3) is 3.19. The summed E-state index contributed by atoms with van der Waals surface area (Å²) in [4.78, 5) is 20.0. The number of fused-ring (bicyclic) bond motifs is 2. The summed E-state index contributed by atoms with van der Waals surface area (Å²) in [7, 11) is 0. The van der Waals surface area contributed by atoms with Crippen LogP contribution >= 0.6 is 0 Å². The van der Waals surface area contributed by atoms with Crippen LogP contribution in [-0.4, -0.2) is 59.8 Å². The van der Waals surface area contributed by atoms with Crippen LogP contribution in [0.3, 0.4) is 0 Å². The van der Waals surface area contributed by atoms with Crippen molar-refractivity contribution < 1.29 is 19.0 Å². The molecule has 2 aromatic rings. The first-order chi connectivity index (χ1) is 13.3. The molecule has 4 heterocycles. The summed E-state index contributed by atoms with van der Waals surface area (Å²) >= 11 is 0. The minimum Gasteiger partial charge on any atom is -0.484 e. The SMILES string of the molecule is O=C1OC[C@H]2CN(Cc3ccc([C@H]4COc5cccnc5O4)cc3)CCN12. The van der Waals surface area contributed by atoms with Gasteiger partial charge in [-0.1, -0.05) is 24.3 Å². The Morgan fingerprint density at radius 3 is 2.85 bits per heavy atom. The summed E-state index contributed by atoms with van der Waals surface area (Å²) in [5, 5.41) is 0. The molecule has 2 saturated heterocycles. The quantitative estimate of drug-likeness (QED) is 0.829. The first-order valence-electron chi connectivity index (χ1n) is 9.25. The van der Waals surface area contributed by atoms with E-state index in [-0.39, 0.29) is 18.2 Å². The number of amides is 1. The van der Waals surface area contributed by atoms with E-state index < -0.39 is 0 Å². The number of ether oxygens (including phenoxy) is 3. The molecule has 5 rings (SSSR count). The van der Waals surface area contributed by atoms with Crippen LogP contribution in [0.5, 0.6) is 11.6 Å². The zero-order chi connectivity index (χ0) is 18.2. The number of pyridine rings is 1. The van der Waals surface area contributed by atoms with Gasteiger partial charge in [-0.3, -0.25) is 9.80 Å². The smallest absolute Gasteiger partial charge is 0.410 e. The fraction of sp³-hybridized carbons (Fsp3) is 0.400. The first-order valence-corrected chi connectivity index (χ1v) is 9.25. The van der Waals surface area contributed by atoms with Gasteiger partial charge in [0.15, 0.2) is 11.9 Å². The number of cyclic esters (lactones) is 1. The second kappa shape index (κ2) is 6.74. The van der Waals surface area contributed by atoms with Crippen LogP contribution in [-0.2, 0) is 11.3 Å². The molecule has 0 N–H and O–H groups in total. The lowest BCUT2D eigenvalue weighted by Gasteiger charge is -2.35. The van der Waals surface area contributed by atoms with Gasteiger partial charge in [-0.2, -0.15) is 0 Å². The maximum absolute atomic E-state index is 11.6. The van der Waals surface area contributed by atoms with Crippen molar-refractivity contribution in [1.82, 2.24) is 14.8 Å². The molecule has 0 unspecified atom stereocenters. The van der Waals surface area contributed by atoms with Gasteiger partial charge in [-0.15, -0.1) is 0 Å². The van der Waals surface area contributed by atoms with Crippen LogP contribution in [0.25, 0.3) is 0 Å². The molecule has 140 valence electrons. The highest BCUT2D eigenvalue weighted by Crippen LogP contribution is 2.34. The van der Waals surface area contributed by atoms with Gasteiger partial charge in [0.25, 0.3) is 5.88 Å². The maximum Gasteiger partial charge on any atom is 0.410 e. The number of carbonyl (C=O) groups is 1. The van der Waals surface area contributed by atoms with Crippen molar-refractivity contribution in [1.29, 1.82) is 0 Å². The molecule has 1 amide bonds. The summed E-state index contributed by atoms with van der Waals surface area (Å²) in [6, 6.07) is 12.3. The Labute approximate surface area is 157 Å². The van der Waals surface area contributed by atoms with E-state index in [1.54, 1.807) is 6.20 Å². The molecule has 0 bridgehead atoms. The van der Waals surface area contributed by atoms with Gasteiger partial charge in [0.1, 0.15) is 13.2 Å². The Morgan fingerprint density at radius 2 is 1.96 bits per heavy atom. The molecule has 2 fully saturated rings. The number of nitrogens with zero attached hydrogens (tertiary/aromatic N) is 3. The summed E-state index contributed by atoms with van der Waals surface area (Å²) in [6.07, 6.45) is 1.39. The number of hydrogen-bond donors (Lipinski definition) is 0. The Balaban J connectivity index is 1.22. The van der Waals surface area contributed by atoms with Crippen LogP contribution in [0.2, 0.25) is 0 Å². The third-order valence-electron chi connectivity index (χ3n) is 5.34. The van der Waals surface area contributed by atoms with Crippen LogP contribution in [0.1, 0.15) is 17.2 Å². The third-order valence-corrected chi connectivity index (χ3v) is 5.34. The molecule has 27 heavy (non-hydrogen) atoms. The summed E-state index contributed by atoms with van der Waals surface area (Å²) in [6.45, 7) is 4.32. The van der Waals surface area contributed by atoms with Crippen LogP contribution < -0.4 is 9.47 Å². The topological polar surface area (TPSA) is 64.1 Å². The zero-order valence-electron chi connectivity index (χ0n) is 14.9. The molecule has 0 aliphatic carbocycles. The molecule has 1 aromatic heterocycles. The minimum absolute atomic E-state index is 0.147. The van der Waals surface area contributed by atoms with Crippen molar-refractivity contribution in [3.63, 3.8) is 0 Å². The number of carbonyl (C=O) groups excluding carboxylic acids is 1. The molecule has 1 aromatic carbocycles. The monoisotopic (exact) mass is 367 g/mol. The van der Waals surface area contributed by atoms with E-state index in [1.807, 2.05) is 17.0 Å². The Hall–Kier alpha value is -2.80. The predicted octanol–water partition coefficient (Wildman–Crippen LogP) is 2.23. The van der Waals surface area contributed by atoms with Crippen molar-refractivity contribution in [2.45, 2.75) is 18.7 Å². The van der Waals surface area contributed by atoms with Gasteiger partial charge in [0.2, 0.25) is 0 Å². The lowest BCUT2D eigenvalue weighted by molar-refractivity contribution is 0.0850. The van der Waals surface area contributed by atoms with Gasteiger partial charge >= 0.3 is 6.09 Å². The van der Waals surface area contributed by atoms with Crippen LogP contribution in [0, 0.1) is 0 Å². The second-order valence-corrected chi connectivity index (χ2v) is 7.13. The van der Waals surface area contributed by atoms with E-state index in [2.05, 4.69) is 34.1 Å². The zero-order valence-corrected chi connectivity index (χ0v) is 14.9. The van der Waals surface area contributed by atoms with Crippen molar-refractivity contribution in [3.8, 4) is 11.6 Å². The fourth-order valence-corrected chi connectivity index (χ4v) is 3.87. The van der Waals surface area contributed by atoms with E-state index in [0.29, 0.717) is 24.8 Å². The number of benzene rings is 1. The highest BCUT2D eigenvalue weighted by Gasteiger charge is 2.37. The molecule has 0 spiro atoms. The molecule has 0 saturated carbocycles. The fourth-order valence-electron chi connectivity index (χ4n) is 3.87. The van der Waals surface area contributed by atoms with Crippen LogP contribution in [0.15, 0.2) is 42.6 Å². The standard InChI is InChI=1S/C20H21N3O4/c24-20-23-9-8-22(11-16(23)12-26-20)10-14-3-5-15(6-4-14)18-13-25-17-2-1-7-21-19(17)27-18/h1-7,16,18H,8-13H2/t16-,18-/m1/s1. The molecular formula is C20H21N3O4.